The van der Waals surface area contributed by atoms with Gasteiger partial charge >= 0.3 is 6.03 Å². The van der Waals surface area contributed by atoms with Crippen LogP contribution in [0.1, 0.15) is 16.7 Å². The Morgan fingerprint density at radius 3 is 2.72 bits per heavy atom. The average Bonchev–Trinajstić information content (AvgIpc) is 3.01. The van der Waals surface area contributed by atoms with Crippen LogP contribution in [0.25, 0.3) is 0 Å². The molecule has 5 nitrogen and oxygen atoms in total. The fourth-order valence-corrected chi connectivity index (χ4v) is 2.68. The van der Waals surface area contributed by atoms with Gasteiger partial charge in [-0.15, -0.1) is 0 Å². The molecule has 1 aromatic heterocycles. The number of benzene rings is 2. The lowest BCUT2D eigenvalue weighted by atomic mass is 10.1. The van der Waals surface area contributed by atoms with Crippen LogP contribution in [0.3, 0.4) is 0 Å². The van der Waals surface area contributed by atoms with Crippen molar-refractivity contribution < 1.29 is 4.79 Å². The number of aromatic nitrogens is 2. The van der Waals surface area contributed by atoms with Crippen LogP contribution < -0.4 is 10.6 Å². The van der Waals surface area contributed by atoms with E-state index in [0.29, 0.717) is 22.9 Å². The first-order valence-corrected chi connectivity index (χ1v) is 8.31. The van der Waals surface area contributed by atoms with E-state index < -0.39 is 0 Å². The van der Waals surface area contributed by atoms with Gasteiger partial charge in [-0.1, -0.05) is 41.9 Å². The summed E-state index contributed by atoms with van der Waals surface area (Å²) in [5, 5.41) is 10.5. The van der Waals surface area contributed by atoms with Gasteiger partial charge in [-0.05, 0) is 42.7 Å². The molecule has 0 aliphatic rings. The normalized spacial score (nSPS) is 10.5. The molecule has 128 valence electrons. The molecule has 2 N–H and O–H groups in total. The topological polar surface area (TPSA) is 59.0 Å². The molecule has 6 heteroatoms. The molecule has 0 saturated carbocycles. The Balaban J connectivity index is 1.64. The molecule has 0 fully saturated rings. The molecule has 0 radical (unpaired) electrons. The standard InChI is InChI=1S/C19H19ClN4O/c1-13-6-3-4-7-15(13)11-24-12-16(10-21-24)22-19(25)23-18-9-5-8-17(20)14(18)2/h3-10,12H,11H2,1-2H3,(H2,22,23,25). The monoisotopic (exact) mass is 354 g/mol. The van der Waals surface area contributed by atoms with Crippen LogP contribution in [-0.2, 0) is 6.54 Å². The molecule has 0 saturated heterocycles. The number of anilines is 2. The van der Waals surface area contributed by atoms with Crippen molar-refractivity contribution in [3.05, 3.63) is 76.6 Å². The van der Waals surface area contributed by atoms with E-state index in [4.69, 9.17) is 11.6 Å². The molecule has 3 rings (SSSR count). The molecule has 0 aliphatic heterocycles. The molecule has 0 bridgehead atoms. The summed E-state index contributed by atoms with van der Waals surface area (Å²) >= 11 is 6.07. The smallest absolute Gasteiger partial charge is 0.307 e. The molecule has 0 aliphatic carbocycles. The Kier molecular flexibility index (Phi) is 5.05. The summed E-state index contributed by atoms with van der Waals surface area (Å²) in [7, 11) is 0. The number of halogens is 1. The van der Waals surface area contributed by atoms with Crippen LogP contribution in [0.5, 0.6) is 0 Å². The van der Waals surface area contributed by atoms with E-state index in [-0.39, 0.29) is 6.03 Å². The summed E-state index contributed by atoms with van der Waals surface area (Å²) in [6, 6.07) is 13.2. The maximum atomic E-state index is 12.2. The summed E-state index contributed by atoms with van der Waals surface area (Å²) in [6.45, 7) is 4.58. The molecular formula is C19H19ClN4O. The van der Waals surface area contributed by atoms with E-state index in [0.717, 1.165) is 5.56 Å². The maximum Gasteiger partial charge on any atom is 0.323 e. The van der Waals surface area contributed by atoms with Crippen LogP contribution in [0.2, 0.25) is 5.02 Å². The molecular weight excluding hydrogens is 336 g/mol. The fraction of sp³-hybridized carbons (Fsp3) is 0.158. The largest absolute Gasteiger partial charge is 0.323 e. The van der Waals surface area contributed by atoms with Crippen LogP contribution in [0.4, 0.5) is 16.2 Å². The minimum Gasteiger partial charge on any atom is -0.307 e. The lowest BCUT2D eigenvalue weighted by molar-refractivity contribution is 0.262. The number of aryl methyl sites for hydroxylation is 1. The van der Waals surface area contributed by atoms with Crippen molar-refractivity contribution in [2.24, 2.45) is 0 Å². The van der Waals surface area contributed by atoms with Crippen LogP contribution >= 0.6 is 11.6 Å². The first kappa shape index (κ1) is 17.0. The maximum absolute atomic E-state index is 12.2. The van der Waals surface area contributed by atoms with Crippen LogP contribution in [-0.4, -0.2) is 15.8 Å². The zero-order valence-electron chi connectivity index (χ0n) is 14.1. The number of nitrogens with one attached hydrogen (secondary N) is 2. The van der Waals surface area contributed by atoms with E-state index in [1.807, 2.05) is 25.1 Å². The number of rotatable bonds is 4. The molecule has 1 heterocycles. The van der Waals surface area contributed by atoms with Gasteiger partial charge in [0.2, 0.25) is 0 Å². The lowest BCUT2D eigenvalue weighted by Gasteiger charge is -2.09. The van der Waals surface area contributed by atoms with Gasteiger partial charge in [-0.25, -0.2) is 4.79 Å². The van der Waals surface area contributed by atoms with Crippen molar-refractivity contribution in [1.29, 1.82) is 0 Å². The van der Waals surface area contributed by atoms with E-state index in [1.54, 1.807) is 29.2 Å². The van der Waals surface area contributed by atoms with E-state index in [1.165, 1.54) is 11.1 Å². The first-order chi connectivity index (χ1) is 12.0. The van der Waals surface area contributed by atoms with E-state index in [9.17, 15) is 4.79 Å². The summed E-state index contributed by atoms with van der Waals surface area (Å²) in [6.07, 6.45) is 3.43. The van der Waals surface area contributed by atoms with Crippen molar-refractivity contribution in [1.82, 2.24) is 9.78 Å². The Hall–Kier alpha value is -2.79. The zero-order chi connectivity index (χ0) is 17.8. The molecule has 2 amide bonds. The van der Waals surface area contributed by atoms with Gasteiger partial charge in [0.15, 0.2) is 0 Å². The number of amides is 2. The summed E-state index contributed by atoms with van der Waals surface area (Å²) in [5.41, 5.74) is 4.54. The second kappa shape index (κ2) is 7.40. The fourth-order valence-electron chi connectivity index (χ4n) is 2.50. The van der Waals surface area contributed by atoms with Gasteiger partial charge < -0.3 is 10.6 Å². The number of carbonyl (C=O) groups is 1. The summed E-state index contributed by atoms with van der Waals surface area (Å²) < 4.78 is 1.79. The Morgan fingerprint density at radius 1 is 1.12 bits per heavy atom. The second-order valence-corrected chi connectivity index (χ2v) is 6.25. The lowest BCUT2D eigenvalue weighted by Crippen LogP contribution is -2.19. The number of nitrogens with zero attached hydrogens (tertiary/aromatic N) is 2. The van der Waals surface area contributed by atoms with Gasteiger partial charge in [0.1, 0.15) is 0 Å². The highest BCUT2D eigenvalue weighted by atomic mass is 35.5. The first-order valence-electron chi connectivity index (χ1n) is 7.93. The van der Waals surface area contributed by atoms with Gasteiger partial charge in [0, 0.05) is 16.9 Å². The SMILES string of the molecule is Cc1ccccc1Cn1cc(NC(=O)Nc2cccc(Cl)c2C)cn1. The summed E-state index contributed by atoms with van der Waals surface area (Å²) in [5.74, 6) is 0. The highest BCUT2D eigenvalue weighted by molar-refractivity contribution is 6.31. The second-order valence-electron chi connectivity index (χ2n) is 5.84. The van der Waals surface area contributed by atoms with Crippen molar-refractivity contribution in [3.63, 3.8) is 0 Å². The number of hydrogen-bond acceptors (Lipinski definition) is 2. The molecule has 25 heavy (non-hydrogen) atoms. The third kappa shape index (κ3) is 4.19. The molecule has 2 aromatic carbocycles. The molecule has 0 unspecified atom stereocenters. The highest BCUT2D eigenvalue weighted by Gasteiger charge is 2.08. The average molecular weight is 355 g/mol. The Labute approximate surface area is 151 Å². The van der Waals surface area contributed by atoms with Gasteiger partial charge in [-0.2, -0.15) is 5.10 Å². The zero-order valence-corrected chi connectivity index (χ0v) is 14.8. The van der Waals surface area contributed by atoms with E-state index >= 15 is 0 Å². The highest BCUT2D eigenvalue weighted by Crippen LogP contribution is 2.23. The predicted octanol–water partition coefficient (Wildman–Crippen LogP) is 4.85. The molecule has 0 atom stereocenters. The van der Waals surface area contributed by atoms with Crippen molar-refractivity contribution in [3.8, 4) is 0 Å². The van der Waals surface area contributed by atoms with Gasteiger partial charge in [0.25, 0.3) is 0 Å². The molecule has 0 spiro atoms. The summed E-state index contributed by atoms with van der Waals surface area (Å²) in [4.78, 5) is 12.2. The minimum atomic E-state index is -0.333. The Bertz CT molecular complexity index is 904. The number of urea groups is 1. The van der Waals surface area contributed by atoms with E-state index in [2.05, 4.69) is 34.8 Å². The van der Waals surface area contributed by atoms with Gasteiger partial charge in [-0.3, -0.25) is 4.68 Å². The van der Waals surface area contributed by atoms with Crippen molar-refractivity contribution in [2.45, 2.75) is 20.4 Å². The van der Waals surface area contributed by atoms with Gasteiger partial charge in [0.05, 0.1) is 18.4 Å². The Morgan fingerprint density at radius 2 is 1.92 bits per heavy atom. The third-order valence-electron chi connectivity index (χ3n) is 4.00. The van der Waals surface area contributed by atoms with Crippen molar-refractivity contribution in [2.75, 3.05) is 10.6 Å². The number of hydrogen-bond donors (Lipinski definition) is 2. The quantitative estimate of drug-likeness (QED) is 0.703. The molecule has 3 aromatic rings. The van der Waals surface area contributed by atoms with Crippen LogP contribution in [0.15, 0.2) is 54.9 Å². The number of carbonyl (C=O) groups excluding carboxylic acids is 1. The predicted molar refractivity (Wildman–Crippen MR) is 101 cm³/mol. The third-order valence-corrected chi connectivity index (χ3v) is 4.41. The van der Waals surface area contributed by atoms with Crippen LogP contribution in [0, 0.1) is 13.8 Å². The minimum absolute atomic E-state index is 0.333. The van der Waals surface area contributed by atoms with Crippen molar-refractivity contribution >= 4 is 29.0 Å².